The summed E-state index contributed by atoms with van der Waals surface area (Å²) < 4.78 is 15.9. The average Bonchev–Trinajstić information content (AvgIpc) is 3.27. The Hall–Kier alpha value is -3.82. The van der Waals surface area contributed by atoms with Crippen LogP contribution in [-0.2, 0) is 20.9 Å². The second kappa shape index (κ2) is 7.06. The molecule has 1 aromatic heterocycles. The lowest BCUT2D eigenvalue weighted by atomic mass is 10.2. The molecule has 10 heteroatoms. The number of rotatable bonds is 5. The van der Waals surface area contributed by atoms with Crippen molar-refractivity contribution in [2.45, 2.75) is 6.54 Å². The number of anilines is 1. The second-order valence-corrected chi connectivity index (χ2v) is 6.05. The third-order valence-corrected chi connectivity index (χ3v) is 4.16. The van der Waals surface area contributed by atoms with Gasteiger partial charge in [0.15, 0.2) is 11.5 Å². The molecule has 1 aromatic carbocycles. The van der Waals surface area contributed by atoms with Gasteiger partial charge >= 0.3 is 17.8 Å². The number of benzene rings is 1. The first-order chi connectivity index (χ1) is 13.5. The fourth-order valence-electron chi connectivity index (χ4n) is 2.85. The molecule has 10 nitrogen and oxygen atoms in total. The largest absolute Gasteiger partial charge is 0.486 e. The molecule has 2 aromatic rings. The summed E-state index contributed by atoms with van der Waals surface area (Å²) >= 11 is 0. The highest BCUT2D eigenvalue weighted by Crippen LogP contribution is 2.32. The number of fused-ring (bicyclic) bond motifs is 1. The molecule has 2 aliphatic rings. The summed E-state index contributed by atoms with van der Waals surface area (Å²) in [6.07, 6.45) is 1.39. The first-order valence-corrected chi connectivity index (χ1v) is 8.42. The summed E-state index contributed by atoms with van der Waals surface area (Å²) in [5.41, 5.74) is 0.409. The number of hydrogen-bond acceptors (Lipinski definition) is 7. The van der Waals surface area contributed by atoms with Crippen LogP contribution in [0.3, 0.4) is 0 Å². The van der Waals surface area contributed by atoms with Crippen LogP contribution >= 0.6 is 0 Å². The lowest BCUT2D eigenvalue weighted by Crippen LogP contribution is -2.38. The summed E-state index contributed by atoms with van der Waals surface area (Å²) in [6.45, 7) is 0.0679. The Labute approximate surface area is 158 Å². The van der Waals surface area contributed by atoms with Crippen LogP contribution in [-0.4, -0.2) is 53.3 Å². The first-order valence-electron chi connectivity index (χ1n) is 8.42. The van der Waals surface area contributed by atoms with Gasteiger partial charge < -0.3 is 19.2 Å². The molecule has 5 amide bonds. The van der Waals surface area contributed by atoms with Crippen molar-refractivity contribution in [1.29, 1.82) is 0 Å². The molecular weight excluding hydrogens is 370 g/mol. The number of hydrogen-bond donors (Lipinski definition) is 1. The number of carbonyl (C=O) groups excluding carboxylic acids is 4. The van der Waals surface area contributed by atoms with Gasteiger partial charge in [-0.2, -0.15) is 0 Å². The molecule has 0 saturated carbocycles. The highest BCUT2D eigenvalue weighted by molar-refractivity contribution is 6.45. The third-order valence-electron chi connectivity index (χ3n) is 4.16. The predicted molar refractivity (Wildman–Crippen MR) is 92.4 cm³/mol. The zero-order valence-corrected chi connectivity index (χ0v) is 14.5. The van der Waals surface area contributed by atoms with Crippen molar-refractivity contribution in [3.8, 4) is 11.5 Å². The Morgan fingerprint density at radius 2 is 1.75 bits per heavy atom. The van der Waals surface area contributed by atoms with Crippen molar-refractivity contribution in [3.05, 3.63) is 42.4 Å². The van der Waals surface area contributed by atoms with Crippen molar-refractivity contribution < 1.29 is 33.1 Å². The summed E-state index contributed by atoms with van der Waals surface area (Å²) in [7, 11) is 0. The number of nitrogens with one attached hydrogen (secondary N) is 1. The maximum atomic E-state index is 12.4. The van der Waals surface area contributed by atoms with Gasteiger partial charge in [0.25, 0.3) is 0 Å². The minimum Gasteiger partial charge on any atom is -0.486 e. The van der Waals surface area contributed by atoms with Gasteiger partial charge in [0.2, 0.25) is 5.91 Å². The molecule has 2 aliphatic heterocycles. The van der Waals surface area contributed by atoms with E-state index in [1.165, 1.54) is 6.26 Å². The molecule has 28 heavy (non-hydrogen) atoms. The molecule has 4 rings (SSSR count). The Kier molecular flexibility index (Phi) is 4.44. The molecule has 0 bridgehead atoms. The van der Waals surface area contributed by atoms with E-state index in [0.29, 0.717) is 41.1 Å². The smallest absolute Gasteiger partial charge is 0.335 e. The van der Waals surface area contributed by atoms with Gasteiger partial charge in [0, 0.05) is 11.8 Å². The standard InChI is InChI=1S/C18H15N3O7/c22-15(19-11-3-4-13-14(8-11)28-7-6-27-13)10-21-17(24)16(23)20(18(21)25)9-12-2-1-5-26-12/h1-5,8H,6-7,9-10H2,(H,19,22). The number of urea groups is 1. The fraction of sp³-hybridized carbons (Fsp3) is 0.222. The maximum absolute atomic E-state index is 12.4. The van der Waals surface area contributed by atoms with Gasteiger partial charge in [-0.25, -0.2) is 14.6 Å². The van der Waals surface area contributed by atoms with E-state index in [0.717, 1.165) is 4.90 Å². The normalized spacial score (nSPS) is 15.9. The zero-order chi connectivity index (χ0) is 19.7. The summed E-state index contributed by atoms with van der Waals surface area (Å²) in [5, 5.41) is 2.57. The number of furan rings is 1. The maximum Gasteiger partial charge on any atom is 0.335 e. The number of imide groups is 2. The van der Waals surface area contributed by atoms with E-state index in [1.807, 2.05) is 0 Å². The SMILES string of the molecule is O=C(CN1C(=O)C(=O)N(Cc2ccco2)C1=O)Nc1ccc2c(c1)OCCO2. The topological polar surface area (TPSA) is 118 Å². The lowest BCUT2D eigenvalue weighted by molar-refractivity contribution is -0.144. The number of carbonyl (C=O) groups is 4. The number of nitrogens with zero attached hydrogens (tertiary/aromatic N) is 2. The number of ether oxygens (including phenoxy) is 2. The average molecular weight is 385 g/mol. The molecule has 144 valence electrons. The highest BCUT2D eigenvalue weighted by atomic mass is 16.6. The summed E-state index contributed by atoms with van der Waals surface area (Å²) in [5.74, 6) is -1.31. The van der Waals surface area contributed by atoms with Crippen molar-refractivity contribution in [3.63, 3.8) is 0 Å². The van der Waals surface area contributed by atoms with E-state index in [4.69, 9.17) is 13.9 Å². The van der Waals surface area contributed by atoms with Crippen LogP contribution in [0.5, 0.6) is 11.5 Å². The molecule has 1 N–H and O–H groups in total. The minimum atomic E-state index is -1.06. The molecule has 0 unspecified atom stereocenters. The van der Waals surface area contributed by atoms with Gasteiger partial charge in [-0.1, -0.05) is 0 Å². The van der Waals surface area contributed by atoms with Crippen molar-refractivity contribution in [2.24, 2.45) is 0 Å². The zero-order valence-electron chi connectivity index (χ0n) is 14.5. The van der Waals surface area contributed by atoms with Crippen molar-refractivity contribution >= 4 is 29.4 Å². The van der Waals surface area contributed by atoms with E-state index >= 15 is 0 Å². The van der Waals surface area contributed by atoms with E-state index in [9.17, 15) is 19.2 Å². The second-order valence-electron chi connectivity index (χ2n) is 6.05. The summed E-state index contributed by atoms with van der Waals surface area (Å²) in [6, 6.07) is 7.12. The quantitative estimate of drug-likeness (QED) is 0.602. The molecule has 0 spiro atoms. The van der Waals surface area contributed by atoms with E-state index in [1.54, 1.807) is 30.3 Å². The van der Waals surface area contributed by atoms with E-state index < -0.39 is 30.3 Å². The minimum absolute atomic E-state index is 0.184. The van der Waals surface area contributed by atoms with Gasteiger partial charge in [0.1, 0.15) is 25.5 Å². The fourth-order valence-corrected chi connectivity index (χ4v) is 2.85. The van der Waals surface area contributed by atoms with E-state index in [-0.39, 0.29) is 6.54 Å². The van der Waals surface area contributed by atoms with Crippen LogP contribution in [0.15, 0.2) is 41.0 Å². The Balaban J connectivity index is 1.42. The van der Waals surface area contributed by atoms with Crippen LogP contribution in [0.4, 0.5) is 10.5 Å². The van der Waals surface area contributed by atoms with E-state index in [2.05, 4.69) is 5.32 Å². The number of amides is 5. The predicted octanol–water partition coefficient (Wildman–Crippen LogP) is 0.980. The first kappa shape index (κ1) is 17.6. The van der Waals surface area contributed by atoms with Crippen LogP contribution in [0.25, 0.3) is 0 Å². The van der Waals surface area contributed by atoms with Gasteiger partial charge in [-0.05, 0) is 24.3 Å². The van der Waals surface area contributed by atoms with Crippen LogP contribution in [0.2, 0.25) is 0 Å². The monoisotopic (exact) mass is 385 g/mol. The molecule has 3 heterocycles. The lowest BCUT2D eigenvalue weighted by Gasteiger charge is -2.19. The highest BCUT2D eigenvalue weighted by Gasteiger charge is 2.45. The Morgan fingerprint density at radius 1 is 1.00 bits per heavy atom. The van der Waals surface area contributed by atoms with Crippen molar-refractivity contribution in [1.82, 2.24) is 9.80 Å². The van der Waals surface area contributed by atoms with Crippen LogP contribution in [0.1, 0.15) is 5.76 Å². The van der Waals surface area contributed by atoms with Crippen LogP contribution in [0, 0.1) is 0 Å². The molecular formula is C18H15N3O7. The molecule has 0 aliphatic carbocycles. The third kappa shape index (κ3) is 3.27. The van der Waals surface area contributed by atoms with Gasteiger partial charge in [-0.15, -0.1) is 0 Å². The molecule has 0 atom stereocenters. The van der Waals surface area contributed by atoms with Crippen LogP contribution < -0.4 is 14.8 Å². The molecule has 0 radical (unpaired) electrons. The van der Waals surface area contributed by atoms with Gasteiger partial charge in [-0.3, -0.25) is 14.4 Å². The van der Waals surface area contributed by atoms with Gasteiger partial charge in [0.05, 0.1) is 12.8 Å². The van der Waals surface area contributed by atoms with Crippen molar-refractivity contribution in [2.75, 3.05) is 25.1 Å². The molecule has 1 saturated heterocycles. The summed E-state index contributed by atoms with van der Waals surface area (Å²) in [4.78, 5) is 50.2. The Morgan fingerprint density at radius 3 is 2.50 bits per heavy atom. The Bertz CT molecular complexity index is 954. The molecule has 1 fully saturated rings.